The molecule has 0 radical (unpaired) electrons. The van der Waals surface area contributed by atoms with Gasteiger partial charge in [-0.2, -0.15) is 4.98 Å². The Kier molecular flexibility index (Phi) is 3.77. The molecule has 19 heavy (non-hydrogen) atoms. The van der Waals surface area contributed by atoms with Crippen molar-refractivity contribution < 1.29 is 8.91 Å². The van der Waals surface area contributed by atoms with Crippen molar-refractivity contribution in [3.8, 4) is 0 Å². The first-order valence-corrected chi connectivity index (χ1v) is 6.64. The molecule has 4 N–H and O–H groups in total. The normalized spacial score (nSPS) is 11.8. The topological polar surface area (TPSA) is 91.0 Å². The minimum absolute atomic E-state index is 0.358. The second-order valence-electron chi connectivity index (χ2n) is 4.71. The van der Waals surface area contributed by atoms with Crippen LogP contribution in [0.5, 0.6) is 0 Å². The molecule has 0 aliphatic carbocycles. The summed E-state index contributed by atoms with van der Waals surface area (Å²) in [7, 11) is 0. The number of benzene rings is 1. The zero-order valence-electron chi connectivity index (χ0n) is 10.7. The van der Waals surface area contributed by atoms with E-state index in [4.69, 9.17) is 16.0 Å². The minimum Gasteiger partial charge on any atom is -0.399 e. The van der Waals surface area contributed by atoms with Gasteiger partial charge in [-0.25, -0.2) is 4.39 Å². The fourth-order valence-electron chi connectivity index (χ4n) is 1.35. The van der Waals surface area contributed by atoms with Crippen LogP contribution in [-0.2, 0) is 11.3 Å². The van der Waals surface area contributed by atoms with E-state index in [0.717, 1.165) is 0 Å². The fourth-order valence-corrected chi connectivity index (χ4v) is 2.11. The third kappa shape index (κ3) is 3.45. The Balaban J connectivity index is 2.04. The van der Waals surface area contributed by atoms with Gasteiger partial charge in [0.15, 0.2) is 5.82 Å². The molecule has 0 unspecified atom stereocenters. The van der Waals surface area contributed by atoms with Crippen molar-refractivity contribution in [2.24, 2.45) is 5.73 Å². The van der Waals surface area contributed by atoms with E-state index in [2.05, 4.69) is 10.1 Å². The number of hydrogen-bond donors (Lipinski definition) is 2. The second-order valence-corrected chi connectivity index (χ2v) is 5.73. The summed E-state index contributed by atoms with van der Waals surface area (Å²) >= 11 is 1.27. The van der Waals surface area contributed by atoms with Gasteiger partial charge < -0.3 is 16.0 Å². The Labute approximate surface area is 114 Å². The summed E-state index contributed by atoms with van der Waals surface area (Å²) in [4.78, 5) is 4.66. The maximum Gasteiger partial charge on any atom is 0.237 e. The van der Waals surface area contributed by atoms with Gasteiger partial charge in [0.2, 0.25) is 5.89 Å². The average Bonchev–Trinajstić information content (AvgIpc) is 2.76. The van der Waals surface area contributed by atoms with Crippen LogP contribution in [0, 0.1) is 5.82 Å². The highest BCUT2D eigenvalue weighted by Crippen LogP contribution is 2.26. The standard InChI is InChI=1S/C12H15FN4OS/c1-12(2,15)11-16-10(18-17-11)6-19-9-4-3-7(14)5-8(9)13/h3-5H,6,14-15H2,1-2H3. The lowest BCUT2D eigenvalue weighted by Gasteiger charge is -2.11. The van der Waals surface area contributed by atoms with E-state index in [1.165, 1.54) is 17.8 Å². The maximum atomic E-state index is 13.6. The fraction of sp³-hybridized carbons (Fsp3) is 0.333. The zero-order valence-corrected chi connectivity index (χ0v) is 11.5. The first kappa shape index (κ1) is 13.8. The molecule has 0 bridgehead atoms. The number of thioether (sulfide) groups is 1. The maximum absolute atomic E-state index is 13.6. The summed E-state index contributed by atoms with van der Waals surface area (Å²) in [5.41, 5.74) is 11.1. The van der Waals surface area contributed by atoms with Crippen LogP contribution in [0.2, 0.25) is 0 Å². The van der Waals surface area contributed by atoms with Crippen LogP contribution < -0.4 is 11.5 Å². The number of nitrogen functional groups attached to an aromatic ring is 1. The number of hydrogen-bond acceptors (Lipinski definition) is 6. The van der Waals surface area contributed by atoms with Gasteiger partial charge in [0.25, 0.3) is 0 Å². The molecule has 0 aliphatic rings. The predicted molar refractivity (Wildman–Crippen MR) is 71.9 cm³/mol. The monoisotopic (exact) mass is 282 g/mol. The average molecular weight is 282 g/mol. The summed E-state index contributed by atoms with van der Waals surface area (Å²) in [6.45, 7) is 3.57. The summed E-state index contributed by atoms with van der Waals surface area (Å²) in [5.74, 6) is 0.865. The van der Waals surface area contributed by atoms with Gasteiger partial charge in [-0.3, -0.25) is 0 Å². The van der Waals surface area contributed by atoms with Crippen molar-refractivity contribution in [3.05, 3.63) is 35.7 Å². The molecular weight excluding hydrogens is 267 g/mol. The van der Waals surface area contributed by atoms with Crippen molar-refractivity contribution in [2.75, 3.05) is 5.73 Å². The SMILES string of the molecule is CC(C)(N)c1noc(CSc2ccc(N)cc2F)n1. The summed E-state index contributed by atoms with van der Waals surface area (Å²) in [5, 5.41) is 3.80. The lowest BCUT2D eigenvalue weighted by atomic mass is 10.1. The first-order chi connectivity index (χ1) is 8.86. The molecule has 2 aromatic rings. The third-order valence-corrected chi connectivity index (χ3v) is 3.38. The van der Waals surface area contributed by atoms with Crippen LogP contribution >= 0.6 is 11.8 Å². The molecule has 0 spiro atoms. The molecular formula is C12H15FN4OS. The van der Waals surface area contributed by atoms with Crippen LogP contribution in [0.3, 0.4) is 0 Å². The molecule has 1 aromatic heterocycles. The van der Waals surface area contributed by atoms with E-state index < -0.39 is 5.54 Å². The van der Waals surface area contributed by atoms with Gasteiger partial charge in [0.05, 0.1) is 11.3 Å². The summed E-state index contributed by atoms with van der Waals surface area (Å²) in [6, 6.07) is 4.55. The van der Waals surface area contributed by atoms with Gasteiger partial charge in [0.1, 0.15) is 5.82 Å². The lowest BCUT2D eigenvalue weighted by Crippen LogP contribution is -2.30. The molecule has 0 aliphatic heterocycles. The van der Waals surface area contributed by atoms with Gasteiger partial charge >= 0.3 is 0 Å². The highest BCUT2D eigenvalue weighted by Gasteiger charge is 2.21. The summed E-state index contributed by atoms with van der Waals surface area (Å²) in [6.07, 6.45) is 0. The molecule has 0 saturated heterocycles. The van der Waals surface area contributed by atoms with Gasteiger partial charge in [0, 0.05) is 10.6 Å². The van der Waals surface area contributed by atoms with Crippen molar-refractivity contribution in [1.82, 2.24) is 10.1 Å². The molecule has 102 valence electrons. The van der Waals surface area contributed by atoms with Crippen LogP contribution in [0.25, 0.3) is 0 Å². The van der Waals surface area contributed by atoms with E-state index in [9.17, 15) is 4.39 Å². The smallest absolute Gasteiger partial charge is 0.237 e. The van der Waals surface area contributed by atoms with Crippen molar-refractivity contribution in [3.63, 3.8) is 0 Å². The number of nitrogens with zero attached hydrogens (tertiary/aromatic N) is 2. The molecule has 0 amide bonds. The van der Waals surface area contributed by atoms with Crippen molar-refractivity contribution >= 4 is 17.4 Å². The molecule has 2 rings (SSSR count). The van der Waals surface area contributed by atoms with Gasteiger partial charge in [-0.15, -0.1) is 11.8 Å². The molecule has 1 heterocycles. The van der Waals surface area contributed by atoms with E-state index >= 15 is 0 Å². The predicted octanol–water partition coefficient (Wildman–Crippen LogP) is 2.28. The van der Waals surface area contributed by atoms with Crippen LogP contribution in [-0.4, -0.2) is 10.1 Å². The van der Waals surface area contributed by atoms with E-state index in [1.807, 2.05) is 0 Å². The van der Waals surface area contributed by atoms with E-state index in [0.29, 0.717) is 28.1 Å². The number of nitrogens with two attached hydrogens (primary N) is 2. The van der Waals surface area contributed by atoms with Crippen LogP contribution in [0.15, 0.2) is 27.6 Å². The highest BCUT2D eigenvalue weighted by molar-refractivity contribution is 7.98. The van der Waals surface area contributed by atoms with Crippen LogP contribution in [0.1, 0.15) is 25.6 Å². The number of anilines is 1. The zero-order chi connectivity index (χ0) is 14.0. The Morgan fingerprint density at radius 3 is 2.74 bits per heavy atom. The van der Waals surface area contributed by atoms with Gasteiger partial charge in [-0.05, 0) is 32.0 Å². The van der Waals surface area contributed by atoms with E-state index in [1.54, 1.807) is 26.0 Å². The Bertz CT molecular complexity index is 579. The summed E-state index contributed by atoms with van der Waals surface area (Å²) < 4.78 is 18.6. The number of halogens is 1. The molecule has 5 nitrogen and oxygen atoms in total. The molecule has 7 heteroatoms. The number of rotatable bonds is 4. The molecule has 0 fully saturated rings. The minimum atomic E-state index is -0.654. The third-order valence-electron chi connectivity index (χ3n) is 2.35. The second kappa shape index (κ2) is 5.18. The Hall–Kier alpha value is -1.60. The van der Waals surface area contributed by atoms with Crippen molar-refractivity contribution in [1.29, 1.82) is 0 Å². The number of aromatic nitrogens is 2. The quantitative estimate of drug-likeness (QED) is 0.660. The Morgan fingerprint density at radius 1 is 1.42 bits per heavy atom. The molecule has 1 aromatic carbocycles. The van der Waals surface area contributed by atoms with E-state index in [-0.39, 0.29) is 5.82 Å². The first-order valence-electron chi connectivity index (χ1n) is 5.66. The molecule has 0 atom stereocenters. The largest absolute Gasteiger partial charge is 0.399 e. The van der Waals surface area contributed by atoms with Crippen molar-refractivity contribution in [2.45, 2.75) is 30.0 Å². The molecule has 0 saturated carbocycles. The van der Waals surface area contributed by atoms with Gasteiger partial charge in [-0.1, -0.05) is 5.16 Å². The lowest BCUT2D eigenvalue weighted by molar-refractivity contribution is 0.370. The Morgan fingerprint density at radius 2 is 2.16 bits per heavy atom. The highest BCUT2D eigenvalue weighted by atomic mass is 32.2. The van der Waals surface area contributed by atoms with Crippen LogP contribution in [0.4, 0.5) is 10.1 Å².